The molecule has 2 bridgehead atoms. The number of unbranched alkanes of at least 4 members (excludes halogenated alkanes) is 1. The van der Waals surface area contributed by atoms with Gasteiger partial charge in [0.05, 0.1) is 60.8 Å². The van der Waals surface area contributed by atoms with Crippen LogP contribution in [0, 0.1) is 23.2 Å². The van der Waals surface area contributed by atoms with Crippen molar-refractivity contribution in [2.24, 2.45) is 29.2 Å². The molecule has 113 heavy (non-hydrogen) atoms. The lowest BCUT2D eigenvalue weighted by Gasteiger charge is -2.33. The Morgan fingerprint density at radius 1 is 0.637 bits per heavy atom. The van der Waals surface area contributed by atoms with Gasteiger partial charge in [0.15, 0.2) is 17.3 Å². The summed E-state index contributed by atoms with van der Waals surface area (Å²) >= 11 is 2.46. The molecule has 0 saturated carbocycles. The number of carbonyl (C=O) groups is 16. The van der Waals surface area contributed by atoms with Crippen LogP contribution in [0.15, 0.2) is 97.5 Å². The van der Waals surface area contributed by atoms with Crippen LogP contribution in [0.4, 0.5) is 0 Å². The molecule has 1 aromatic heterocycles. The van der Waals surface area contributed by atoms with Gasteiger partial charge in [-0.1, -0.05) is 91.3 Å². The van der Waals surface area contributed by atoms with Gasteiger partial charge in [0.2, 0.25) is 59.1 Å². The molecule has 3 aromatic carbocycles. The van der Waals surface area contributed by atoms with E-state index in [0.717, 1.165) is 17.3 Å². The summed E-state index contributed by atoms with van der Waals surface area (Å²) in [5.41, 5.74) is 13.7. The number of amidine groups is 1. The standard InChI is InChI=1S/C77H100N14O20S2/c1-43(92)68-75(109)84-53(24-25-65(97)98)61(94)31-49(29-45-14-5-3-6-15-45)71(105)88-57(40-112-38-47-18-11-19-48(28-47)39-113-41-58(83-44(2)93)76(110)91-27-13-22-60(91)77(111)90-26-12-21-59(90)74(108)89-68)63(96)33-51(34-66(99)100)72(106)86-55(35-52-37-81-42-82-52)62(95)32-50(30-46-16-7-4-8-17-46)70(104)85-54(20-9-10-23-64(78)79)73(107)87-56(69(80)103)36-67(101)102/h3-8,11,14-19,28,37,42-43,49-51,53-60,68,92H,9-10,12-13,20-27,29-36,38-41H2,1-2H3,(H3,78,79)(H2,80,103)(H,81,82)(H,83,93)(H,84,109)(H,85,104)(H,86,106)(H,87,107)(H,88,105)(H,89,108)(H,97,98)(H,99,100)(H,101,102)/t43-,49-,50-,51+,53+,54+,55+,56+,57+,58+,59+,60+,68+/m1/s1. The molecule has 2 fully saturated rings. The van der Waals surface area contributed by atoms with E-state index in [9.17, 15) is 82.8 Å². The Balaban J connectivity index is 1.22. The Hall–Kier alpha value is -10.9. The van der Waals surface area contributed by atoms with Gasteiger partial charge in [-0.2, -0.15) is 23.5 Å². The van der Waals surface area contributed by atoms with Crippen LogP contribution in [0.5, 0.6) is 0 Å². The molecule has 0 spiro atoms. The van der Waals surface area contributed by atoms with E-state index in [4.69, 9.17) is 16.9 Å². The van der Waals surface area contributed by atoms with E-state index < -0.39 is 218 Å². The van der Waals surface area contributed by atoms with Crippen molar-refractivity contribution >= 4 is 124 Å². The predicted octanol–water partition coefficient (Wildman–Crippen LogP) is 0.916. The van der Waals surface area contributed by atoms with Gasteiger partial charge in [-0.15, -0.1) is 0 Å². The summed E-state index contributed by atoms with van der Waals surface area (Å²) in [5, 5.41) is 66.6. The minimum atomic E-state index is -1.81. The van der Waals surface area contributed by atoms with Gasteiger partial charge in [-0.3, -0.25) is 82.1 Å². The molecule has 4 heterocycles. The Bertz CT molecular complexity index is 4060. The van der Waals surface area contributed by atoms with Crippen LogP contribution in [-0.4, -0.2) is 225 Å². The van der Waals surface area contributed by atoms with Crippen LogP contribution >= 0.6 is 23.5 Å². The number of rotatable bonds is 33. The minimum absolute atomic E-state index is 0.0678. The van der Waals surface area contributed by atoms with E-state index in [1.807, 2.05) is 12.1 Å². The SMILES string of the molecule is CC(=O)N[C@H]1CSCc2cccc(c2)CSC[C@@H](C(=O)C[C@@H](CC(=O)O)C(=O)N[C@@H](Cc2c[nH]cn2)C(=O)C[C@@H](Cc2ccccc2)C(=O)N[C@@H](CCCCC(=N)N)C(=O)N[C@@H](CC(=O)O)C(N)=O)NC(=O)[C@H](Cc2ccccc2)CC(=O)[C@H](CCC(=O)O)NC(=O)[C@H]([C@@H](C)O)NC(=O)[C@@H]2CCCN2C(=O)[C@@H]2CCCN2C1=O. The van der Waals surface area contributed by atoms with Crippen LogP contribution in [0.2, 0.25) is 0 Å². The first-order chi connectivity index (χ1) is 53.8. The van der Waals surface area contributed by atoms with Crippen LogP contribution in [0.3, 0.4) is 0 Å². The number of ketones is 3. The van der Waals surface area contributed by atoms with E-state index in [2.05, 4.69) is 47.2 Å². The molecule has 2 saturated heterocycles. The maximum Gasteiger partial charge on any atom is 0.305 e. The largest absolute Gasteiger partial charge is 0.481 e. The van der Waals surface area contributed by atoms with E-state index in [1.54, 1.807) is 72.8 Å². The highest BCUT2D eigenvalue weighted by Gasteiger charge is 2.45. The predicted molar refractivity (Wildman–Crippen MR) is 412 cm³/mol. The molecular formula is C77H100N14O20S2. The number of aliphatic hydroxyl groups excluding tert-OH is 1. The number of imidazole rings is 1. The van der Waals surface area contributed by atoms with Crippen LogP contribution in [0.1, 0.15) is 138 Å². The number of nitrogens with two attached hydrogens (primary N) is 2. The van der Waals surface area contributed by atoms with Gasteiger partial charge in [-0.25, -0.2) is 4.98 Å². The first kappa shape index (κ1) is 89.3. The van der Waals surface area contributed by atoms with E-state index in [-0.39, 0.29) is 99.7 Å². The second kappa shape index (κ2) is 44.4. The topological polar surface area (TPSA) is 549 Å². The molecular weight excluding hydrogens is 1510 g/mol. The molecule has 3 aliphatic heterocycles. The number of primary amides is 1. The number of amides is 10. The smallest absolute Gasteiger partial charge is 0.305 e. The molecule has 0 unspecified atom stereocenters. The lowest BCUT2D eigenvalue weighted by atomic mass is 9.88. The zero-order valence-corrected chi connectivity index (χ0v) is 64.5. The number of carboxylic acid groups (broad SMARTS) is 3. The molecule has 10 amide bonds. The monoisotopic (exact) mass is 1600 g/mol. The maximum absolute atomic E-state index is 15.3. The van der Waals surface area contributed by atoms with Crippen molar-refractivity contribution in [3.8, 4) is 0 Å². The van der Waals surface area contributed by atoms with E-state index >= 15 is 14.4 Å². The summed E-state index contributed by atoms with van der Waals surface area (Å²) in [6.07, 6.45) is -3.63. The molecule has 610 valence electrons. The Kier molecular flexibility index (Phi) is 35.1. The van der Waals surface area contributed by atoms with Gasteiger partial charge in [0.1, 0.15) is 36.3 Å². The van der Waals surface area contributed by atoms with Gasteiger partial charge in [-0.05, 0) is 87.0 Å². The van der Waals surface area contributed by atoms with E-state index in [0.29, 0.717) is 35.3 Å². The average molecular weight is 1610 g/mol. The van der Waals surface area contributed by atoms with Crippen molar-refractivity contribution in [2.75, 3.05) is 24.6 Å². The van der Waals surface area contributed by atoms with Crippen LogP contribution in [0.25, 0.3) is 0 Å². The van der Waals surface area contributed by atoms with Crippen molar-refractivity contribution < 1.29 is 97.1 Å². The number of fused-ring (bicyclic) bond motifs is 4. The number of benzene rings is 3. The number of nitrogens with one attached hydrogen (secondary N) is 9. The molecule has 13 atom stereocenters. The van der Waals surface area contributed by atoms with Gasteiger partial charge in [0, 0.05) is 99.6 Å². The van der Waals surface area contributed by atoms with Crippen molar-refractivity contribution in [3.63, 3.8) is 0 Å². The highest BCUT2D eigenvalue weighted by atomic mass is 32.2. The Labute approximate surface area is 660 Å². The Morgan fingerprint density at radius 2 is 1.25 bits per heavy atom. The number of carbonyl (C=O) groups excluding carboxylic acids is 13. The number of aliphatic carboxylic acids is 3. The highest BCUT2D eigenvalue weighted by Crippen LogP contribution is 2.29. The minimum Gasteiger partial charge on any atom is -0.481 e. The number of Topliss-reactive ketones (excluding diaryl/α,β-unsaturated/α-hetero) is 3. The fourth-order valence-electron chi connectivity index (χ4n) is 13.8. The second-order valence-electron chi connectivity index (χ2n) is 28.6. The molecule has 4 aromatic rings. The normalized spacial score (nSPS) is 21.2. The van der Waals surface area contributed by atoms with Crippen molar-refractivity contribution in [3.05, 3.63) is 125 Å². The zero-order valence-electron chi connectivity index (χ0n) is 62.8. The number of carboxylic acids is 3. The molecule has 0 radical (unpaired) electrons. The number of H-pyrrole nitrogens is 1. The molecule has 36 heteroatoms. The molecule has 7 rings (SSSR count). The summed E-state index contributed by atoms with van der Waals surface area (Å²) in [6.45, 7) is 2.69. The fourth-order valence-corrected chi connectivity index (χ4v) is 15.8. The second-order valence-corrected chi connectivity index (χ2v) is 30.6. The van der Waals surface area contributed by atoms with Gasteiger partial charge in [0.25, 0.3) is 0 Å². The number of nitrogens with zero attached hydrogens (tertiary/aromatic N) is 3. The number of aliphatic hydroxyl groups is 1. The lowest BCUT2D eigenvalue weighted by molar-refractivity contribution is -0.148. The quantitative estimate of drug-likeness (QED) is 0.0179. The summed E-state index contributed by atoms with van der Waals surface area (Å²) < 4.78 is 0. The first-order valence-corrected chi connectivity index (χ1v) is 39.7. The third kappa shape index (κ3) is 28.7. The number of hydrogen-bond acceptors (Lipinski definition) is 21. The lowest BCUT2D eigenvalue weighted by Crippen LogP contribution is -2.60. The summed E-state index contributed by atoms with van der Waals surface area (Å²) in [7, 11) is 0. The van der Waals surface area contributed by atoms with E-state index in [1.165, 1.54) is 47.9 Å². The molecule has 0 aliphatic carbocycles. The summed E-state index contributed by atoms with van der Waals surface area (Å²) in [5.74, 6) is -20.2. The number of hydrogen-bond donors (Lipinski definition) is 15. The van der Waals surface area contributed by atoms with Gasteiger partial charge >= 0.3 is 17.9 Å². The van der Waals surface area contributed by atoms with Crippen LogP contribution < -0.4 is 48.7 Å². The highest BCUT2D eigenvalue weighted by molar-refractivity contribution is 7.98. The molecule has 17 N–H and O–H groups in total. The fraction of sp³-hybridized carbons (Fsp3) is 0.506. The molecule has 34 nitrogen and oxygen atoms in total. The van der Waals surface area contributed by atoms with Crippen LogP contribution in [-0.2, 0) is 107 Å². The zero-order chi connectivity index (χ0) is 82.4. The van der Waals surface area contributed by atoms with Gasteiger partial charge < -0.3 is 83.9 Å². The number of aromatic amines is 1. The average Bonchev–Trinajstić information content (AvgIpc) is 1.66. The molecule has 3 aliphatic rings. The summed E-state index contributed by atoms with van der Waals surface area (Å²) in [6, 6.07) is 10.7. The first-order valence-electron chi connectivity index (χ1n) is 37.4. The number of aromatic nitrogens is 2. The maximum atomic E-state index is 15.3. The third-order valence-corrected chi connectivity index (χ3v) is 21.8. The summed E-state index contributed by atoms with van der Waals surface area (Å²) in [4.78, 5) is 233. The third-order valence-electron chi connectivity index (χ3n) is 19.6. The number of thioether (sulfide) groups is 2. The van der Waals surface area contributed by atoms with Crippen molar-refractivity contribution in [1.29, 1.82) is 5.41 Å². The Morgan fingerprint density at radius 3 is 1.85 bits per heavy atom. The van der Waals surface area contributed by atoms with Crippen molar-refractivity contribution in [1.82, 2.24) is 57.0 Å². The van der Waals surface area contributed by atoms with Crippen molar-refractivity contribution in [2.45, 2.75) is 201 Å².